The lowest BCUT2D eigenvalue weighted by Gasteiger charge is -2.37. The van der Waals surface area contributed by atoms with Gasteiger partial charge in [0.05, 0.1) is 19.1 Å². The molecule has 2 atom stereocenters. The van der Waals surface area contributed by atoms with Crippen molar-refractivity contribution in [2.45, 2.75) is 66.2 Å². The summed E-state index contributed by atoms with van der Waals surface area (Å²) in [6, 6.07) is 0. The van der Waals surface area contributed by atoms with Crippen LogP contribution in [0.15, 0.2) is 0 Å². The predicted octanol–water partition coefficient (Wildman–Crippen LogP) is 3.73. The number of hydrogen-bond acceptors (Lipinski definition) is 4. The van der Waals surface area contributed by atoms with Crippen molar-refractivity contribution in [3.05, 3.63) is 0 Å². The van der Waals surface area contributed by atoms with Gasteiger partial charge in [0, 0.05) is 12.8 Å². The van der Waals surface area contributed by atoms with Crippen LogP contribution in [0.1, 0.15) is 66.2 Å². The monoisotopic (exact) mass is 298 g/mol. The van der Waals surface area contributed by atoms with E-state index >= 15 is 0 Å². The van der Waals surface area contributed by atoms with E-state index in [0.717, 1.165) is 12.8 Å². The average Bonchev–Trinajstić information content (AvgIpc) is 2.44. The SMILES string of the molecule is CCC(=O)OCCCOC(=O)C(C)C1CCCC(C)(C)C1. The molecular weight excluding hydrogens is 268 g/mol. The summed E-state index contributed by atoms with van der Waals surface area (Å²) in [5, 5.41) is 0. The van der Waals surface area contributed by atoms with Crippen molar-refractivity contribution in [1.82, 2.24) is 0 Å². The molecule has 4 nitrogen and oxygen atoms in total. The van der Waals surface area contributed by atoms with Crippen molar-refractivity contribution in [3.8, 4) is 0 Å². The summed E-state index contributed by atoms with van der Waals surface area (Å²) in [6.45, 7) is 8.95. The zero-order valence-electron chi connectivity index (χ0n) is 13.9. The van der Waals surface area contributed by atoms with Crippen LogP contribution in [-0.2, 0) is 19.1 Å². The number of carbonyl (C=O) groups excluding carboxylic acids is 2. The third-order valence-electron chi connectivity index (χ3n) is 4.41. The molecule has 1 saturated carbocycles. The van der Waals surface area contributed by atoms with Crippen molar-refractivity contribution in [1.29, 1.82) is 0 Å². The fourth-order valence-electron chi connectivity index (χ4n) is 3.03. The number of esters is 2. The van der Waals surface area contributed by atoms with Crippen LogP contribution >= 0.6 is 0 Å². The molecule has 21 heavy (non-hydrogen) atoms. The Morgan fingerprint density at radius 1 is 1.24 bits per heavy atom. The first-order valence-corrected chi connectivity index (χ1v) is 8.18. The van der Waals surface area contributed by atoms with E-state index in [9.17, 15) is 9.59 Å². The van der Waals surface area contributed by atoms with Gasteiger partial charge >= 0.3 is 11.9 Å². The van der Waals surface area contributed by atoms with Crippen LogP contribution in [-0.4, -0.2) is 25.2 Å². The van der Waals surface area contributed by atoms with Crippen molar-refractivity contribution < 1.29 is 19.1 Å². The van der Waals surface area contributed by atoms with Gasteiger partial charge in [-0.15, -0.1) is 0 Å². The molecule has 0 aromatic heterocycles. The minimum Gasteiger partial charge on any atom is -0.466 e. The molecule has 0 aromatic carbocycles. The Balaban J connectivity index is 2.23. The Morgan fingerprint density at radius 3 is 2.52 bits per heavy atom. The molecule has 0 saturated heterocycles. The fraction of sp³-hybridized carbons (Fsp3) is 0.882. The molecule has 1 rings (SSSR count). The summed E-state index contributed by atoms with van der Waals surface area (Å²) in [5.74, 6) is 0.0700. The molecule has 2 unspecified atom stereocenters. The third-order valence-corrected chi connectivity index (χ3v) is 4.41. The van der Waals surface area contributed by atoms with E-state index in [4.69, 9.17) is 9.47 Å². The van der Waals surface area contributed by atoms with Crippen LogP contribution in [0, 0.1) is 17.3 Å². The standard InChI is InChI=1S/C17H30O4/c1-5-15(18)20-10-7-11-21-16(19)13(2)14-8-6-9-17(3,4)12-14/h13-14H,5-12H2,1-4H3. The maximum absolute atomic E-state index is 12.1. The van der Waals surface area contributed by atoms with E-state index in [1.807, 2.05) is 6.92 Å². The van der Waals surface area contributed by atoms with Gasteiger partial charge in [-0.2, -0.15) is 0 Å². The lowest BCUT2D eigenvalue weighted by molar-refractivity contribution is -0.151. The smallest absolute Gasteiger partial charge is 0.308 e. The summed E-state index contributed by atoms with van der Waals surface area (Å²) in [7, 11) is 0. The van der Waals surface area contributed by atoms with Crippen LogP contribution in [0.25, 0.3) is 0 Å². The van der Waals surface area contributed by atoms with E-state index < -0.39 is 0 Å². The molecule has 0 heterocycles. The Bertz CT molecular complexity index is 349. The predicted molar refractivity (Wildman–Crippen MR) is 81.7 cm³/mol. The molecule has 1 fully saturated rings. The molecule has 0 amide bonds. The molecule has 0 bridgehead atoms. The first-order chi connectivity index (χ1) is 9.85. The molecule has 1 aliphatic rings. The highest BCUT2D eigenvalue weighted by Gasteiger charge is 2.34. The van der Waals surface area contributed by atoms with Gasteiger partial charge in [-0.25, -0.2) is 0 Å². The van der Waals surface area contributed by atoms with Crippen molar-refractivity contribution in [3.63, 3.8) is 0 Å². The second-order valence-corrected chi connectivity index (χ2v) is 6.90. The molecule has 0 aliphatic heterocycles. The first-order valence-electron chi connectivity index (χ1n) is 8.18. The van der Waals surface area contributed by atoms with Crippen LogP contribution in [0.2, 0.25) is 0 Å². The van der Waals surface area contributed by atoms with Crippen molar-refractivity contribution >= 4 is 11.9 Å². The second-order valence-electron chi connectivity index (χ2n) is 6.90. The highest BCUT2D eigenvalue weighted by Crippen LogP contribution is 2.41. The van der Waals surface area contributed by atoms with Crippen LogP contribution < -0.4 is 0 Å². The normalized spacial score (nSPS) is 22.4. The Labute approximate surface area is 128 Å². The third kappa shape index (κ3) is 6.49. The molecule has 0 N–H and O–H groups in total. The van der Waals surface area contributed by atoms with Gasteiger partial charge in [0.2, 0.25) is 0 Å². The maximum atomic E-state index is 12.1. The van der Waals surface area contributed by atoms with Crippen LogP contribution in [0.5, 0.6) is 0 Å². The van der Waals surface area contributed by atoms with E-state index in [0.29, 0.717) is 37.4 Å². The lowest BCUT2D eigenvalue weighted by atomic mass is 9.68. The molecular formula is C17H30O4. The van der Waals surface area contributed by atoms with Gasteiger partial charge in [-0.1, -0.05) is 34.1 Å². The lowest BCUT2D eigenvalue weighted by Crippen LogP contribution is -2.31. The van der Waals surface area contributed by atoms with Gasteiger partial charge in [-0.3, -0.25) is 9.59 Å². The number of rotatable bonds is 7. The highest BCUT2D eigenvalue weighted by molar-refractivity contribution is 5.72. The minimum atomic E-state index is -0.209. The van der Waals surface area contributed by atoms with Gasteiger partial charge in [0.1, 0.15) is 0 Å². The van der Waals surface area contributed by atoms with E-state index in [-0.39, 0.29) is 17.9 Å². The van der Waals surface area contributed by atoms with Gasteiger partial charge in [0.15, 0.2) is 0 Å². The second kappa shape index (κ2) is 8.40. The molecule has 1 aliphatic carbocycles. The van der Waals surface area contributed by atoms with E-state index in [1.165, 1.54) is 12.8 Å². The summed E-state index contributed by atoms with van der Waals surface area (Å²) in [4.78, 5) is 23.0. The number of hydrogen-bond donors (Lipinski definition) is 0. The summed E-state index contributed by atoms with van der Waals surface area (Å²) in [5.41, 5.74) is 0.339. The summed E-state index contributed by atoms with van der Waals surface area (Å²) >= 11 is 0. The van der Waals surface area contributed by atoms with Gasteiger partial charge in [-0.05, 0) is 30.6 Å². The molecule has 122 valence electrons. The van der Waals surface area contributed by atoms with Crippen molar-refractivity contribution in [2.24, 2.45) is 17.3 Å². The average molecular weight is 298 g/mol. The first kappa shape index (κ1) is 18.0. The number of ether oxygens (including phenoxy) is 2. The van der Waals surface area contributed by atoms with E-state index in [1.54, 1.807) is 6.92 Å². The summed E-state index contributed by atoms with van der Waals surface area (Å²) in [6.07, 6.45) is 5.61. The largest absolute Gasteiger partial charge is 0.466 e. The zero-order chi connectivity index (χ0) is 15.9. The Morgan fingerprint density at radius 2 is 1.90 bits per heavy atom. The minimum absolute atomic E-state index is 0.0391. The molecule has 0 spiro atoms. The van der Waals surface area contributed by atoms with Crippen LogP contribution in [0.4, 0.5) is 0 Å². The quantitative estimate of drug-likeness (QED) is 0.531. The zero-order valence-corrected chi connectivity index (χ0v) is 13.9. The fourth-order valence-corrected chi connectivity index (χ4v) is 3.03. The van der Waals surface area contributed by atoms with E-state index in [2.05, 4.69) is 13.8 Å². The number of carbonyl (C=O) groups is 2. The van der Waals surface area contributed by atoms with Gasteiger partial charge in [0.25, 0.3) is 0 Å². The topological polar surface area (TPSA) is 52.6 Å². The molecule has 4 heteroatoms. The molecule has 0 aromatic rings. The summed E-state index contributed by atoms with van der Waals surface area (Å²) < 4.78 is 10.3. The van der Waals surface area contributed by atoms with Crippen molar-refractivity contribution in [2.75, 3.05) is 13.2 Å². The van der Waals surface area contributed by atoms with Crippen LogP contribution in [0.3, 0.4) is 0 Å². The van der Waals surface area contributed by atoms with Gasteiger partial charge < -0.3 is 9.47 Å². The Hall–Kier alpha value is -1.06. The highest BCUT2D eigenvalue weighted by atomic mass is 16.5. The Kier molecular flexibility index (Phi) is 7.20. The maximum Gasteiger partial charge on any atom is 0.308 e. The molecule has 0 radical (unpaired) electrons.